The Morgan fingerprint density at radius 2 is 2.18 bits per heavy atom. The maximum Gasteiger partial charge on any atom is 0.269 e. The summed E-state index contributed by atoms with van der Waals surface area (Å²) in [6.45, 7) is 3.46. The average molecular weight is 151 g/mol. The average Bonchev–Trinajstić information content (AvgIpc) is 1.94. The van der Waals surface area contributed by atoms with Gasteiger partial charge in [-0.25, -0.2) is 4.98 Å². The lowest BCUT2D eigenvalue weighted by molar-refractivity contribution is 0.0994. The zero-order valence-electron chi connectivity index (χ0n) is 6.46. The summed E-state index contributed by atoms with van der Waals surface area (Å²) in [5.41, 5.74) is 6.57. The fraction of sp³-hybridized carbons (Fsp3) is 0.286. The molecule has 0 aliphatic rings. The van der Waals surface area contributed by atoms with Crippen LogP contribution in [0.2, 0.25) is 0 Å². The predicted molar refractivity (Wildman–Crippen MR) is 40.0 cm³/mol. The molecule has 4 heteroatoms. The van der Waals surface area contributed by atoms with Crippen LogP contribution in [0.3, 0.4) is 0 Å². The number of hydrogen-bond donors (Lipinski definition) is 1. The van der Waals surface area contributed by atoms with E-state index < -0.39 is 5.91 Å². The lowest BCUT2D eigenvalue weighted by Gasteiger charge is -1.99. The second kappa shape index (κ2) is 2.65. The number of primary amides is 1. The number of aryl methyl sites for hydroxylation is 2. The van der Waals surface area contributed by atoms with Crippen LogP contribution in [-0.2, 0) is 0 Å². The van der Waals surface area contributed by atoms with Crippen LogP contribution in [-0.4, -0.2) is 15.9 Å². The topological polar surface area (TPSA) is 68.9 Å². The first-order valence-electron chi connectivity index (χ1n) is 3.21. The molecule has 0 aliphatic heterocycles. The molecule has 1 rings (SSSR count). The maximum absolute atomic E-state index is 10.7. The van der Waals surface area contributed by atoms with Crippen molar-refractivity contribution in [3.05, 3.63) is 23.3 Å². The third-order valence-electron chi connectivity index (χ3n) is 1.31. The van der Waals surface area contributed by atoms with E-state index in [2.05, 4.69) is 9.97 Å². The van der Waals surface area contributed by atoms with Gasteiger partial charge in [0.2, 0.25) is 0 Å². The maximum atomic E-state index is 10.7. The number of carbonyl (C=O) groups is 1. The van der Waals surface area contributed by atoms with Crippen molar-refractivity contribution in [3.63, 3.8) is 0 Å². The standard InChI is InChI=1S/C7H9N3O/c1-4-3-9-5(2)6(10-4)7(8)11/h3H,1-2H3,(H2,8,11). The fourth-order valence-corrected chi connectivity index (χ4v) is 0.771. The van der Waals surface area contributed by atoms with Gasteiger partial charge in [0.05, 0.1) is 11.4 Å². The van der Waals surface area contributed by atoms with E-state index in [1.54, 1.807) is 20.0 Å². The number of hydrogen-bond acceptors (Lipinski definition) is 3. The first-order chi connectivity index (χ1) is 5.11. The van der Waals surface area contributed by atoms with Gasteiger partial charge in [-0.3, -0.25) is 9.78 Å². The first-order valence-corrected chi connectivity index (χ1v) is 3.21. The van der Waals surface area contributed by atoms with Crippen LogP contribution in [0.5, 0.6) is 0 Å². The minimum atomic E-state index is -0.529. The Kier molecular flexibility index (Phi) is 1.85. The number of nitrogens with zero attached hydrogens (tertiary/aromatic N) is 2. The van der Waals surface area contributed by atoms with E-state index >= 15 is 0 Å². The summed E-state index contributed by atoms with van der Waals surface area (Å²) in [4.78, 5) is 18.6. The molecule has 0 saturated heterocycles. The molecule has 0 radical (unpaired) electrons. The highest BCUT2D eigenvalue weighted by atomic mass is 16.1. The monoisotopic (exact) mass is 151 g/mol. The molecular formula is C7H9N3O. The molecule has 58 valence electrons. The molecule has 0 unspecified atom stereocenters. The van der Waals surface area contributed by atoms with Crippen LogP contribution in [0.15, 0.2) is 6.20 Å². The van der Waals surface area contributed by atoms with Crippen LogP contribution < -0.4 is 5.73 Å². The quantitative estimate of drug-likeness (QED) is 0.623. The molecule has 1 heterocycles. The van der Waals surface area contributed by atoms with Gasteiger partial charge in [-0.2, -0.15) is 0 Å². The first kappa shape index (κ1) is 7.65. The van der Waals surface area contributed by atoms with Gasteiger partial charge in [0.1, 0.15) is 5.69 Å². The zero-order valence-corrected chi connectivity index (χ0v) is 6.46. The number of aromatic nitrogens is 2. The van der Waals surface area contributed by atoms with Crippen molar-refractivity contribution in [3.8, 4) is 0 Å². The largest absolute Gasteiger partial charge is 0.364 e. The van der Waals surface area contributed by atoms with Crippen LogP contribution >= 0.6 is 0 Å². The molecule has 0 bridgehead atoms. The summed E-state index contributed by atoms with van der Waals surface area (Å²) >= 11 is 0. The number of nitrogens with two attached hydrogens (primary N) is 1. The molecule has 1 aromatic heterocycles. The Hall–Kier alpha value is -1.45. The van der Waals surface area contributed by atoms with Crippen LogP contribution in [0.25, 0.3) is 0 Å². The van der Waals surface area contributed by atoms with E-state index in [0.29, 0.717) is 11.4 Å². The Labute approximate surface area is 64.5 Å². The van der Waals surface area contributed by atoms with Gasteiger partial charge >= 0.3 is 0 Å². The van der Waals surface area contributed by atoms with Crippen molar-refractivity contribution in [2.24, 2.45) is 5.73 Å². The summed E-state index contributed by atoms with van der Waals surface area (Å²) in [5, 5.41) is 0. The fourth-order valence-electron chi connectivity index (χ4n) is 0.771. The molecule has 11 heavy (non-hydrogen) atoms. The second-order valence-electron chi connectivity index (χ2n) is 2.31. The Morgan fingerprint density at radius 3 is 2.64 bits per heavy atom. The predicted octanol–water partition coefficient (Wildman–Crippen LogP) is 0.192. The van der Waals surface area contributed by atoms with Crippen LogP contribution in [0.1, 0.15) is 21.9 Å². The molecule has 0 fully saturated rings. The van der Waals surface area contributed by atoms with Gasteiger partial charge in [-0.15, -0.1) is 0 Å². The van der Waals surface area contributed by atoms with Crippen molar-refractivity contribution in [1.29, 1.82) is 0 Å². The summed E-state index contributed by atoms with van der Waals surface area (Å²) in [6, 6.07) is 0. The SMILES string of the molecule is Cc1cnc(C)c(C(N)=O)n1. The summed E-state index contributed by atoms with van der Waals surface area (Å²) in [5.74, 6) is -0.529. The molecule has 0 atom stereocenters. The Bertz CT molecular complexity index is 296. The van der Waals surface area contributed by atoms with Crippen LogP contribution in [0, 0.1) is 13.8 Å². The van der Waals surface area contributed by atoms with Crippen molar-refractivity contribution in [2.45, 2.75) is 13.8 Å². The molecule has 0 aromatic carbocycles. The van der Waals surface area contributed by atoms with Gasteiger partial charge in [0, 0.05) is 6.20 Å². The van der Waals surface area contributed by atoms with Gasteiger partial charge in [-0.1, -0.05) is 0 Å². The van der Waals surface area contributed by atoms with E-state index in [1.165, 1.54) is 0 Å². The zero-order chi connectivity index (χ0) is 8.43. The number of amides is 1. The molecule has 2 N–H and O–H groups in total. The van der Waals surface area contributed by atoms with Crippen LogP contribution in [0.4, 0.5) is 0 Å². The van der Waals surface area contributed by atoms with Gasteiger partial charge in [0.25, 0.3) is 5.91 Å². The molecule has 1 amide bonds. The highest BCUT2D eigenvalue weighted by Gasteiger charge is 2.06. The van der Waals surface area contributed by atoms with E-state index in [-0.39, 0.29) is 5.69 Å². The van der Waals surface area contributed by atoms with Crippen molar-refractivity contribution in [1.82, 2.24) is 9.97 Å². The smallest absolute Gasteiger partial charge is 0.269 e. The lowest BCUT2D eigenvalue weighted by Crippen LogP contribution is -2.16. The second-order valence-corrected chi connectivity index (χ2v) is 2.31. The molecule has 0 saturated carbocycles. The summed E-state index contributed by atoms with van der Waals surface area (Å²) < 4.78 is 0. The van der Waals surface area contributed by atoms with E-state index in [9.17, 15) is 4.79 Å². The van der Waals surface area contributed by atoms with Gasteiger partial charge in [0.15, 0.2) is 0 Å². The molecule has 4 nitrogen and oxygen atoms in total. The summed E-state index contributed by atoms with van der Waals surface area (Å²) in [6.07, 6.45) is 1.60. The Balaban J connectivity index is 3.23. The number of rotatable bonds is 1. The lowest BCUT2D eigenvalue weighted by atomic mass is 10.3. The van der Waals surface area contributed by atoms with Crippen molar-refractivity contribution in [2.75, 3.05) is 0 Å². The molecular weight excluding hydrogens is 142 g/mol. The highest BCUT2D eigenvalue weighted by molar-refractivity contribution is 5.91. The van der Waals surface area contributed by atoms with E-state index in [1.807, 2.05) is 0 Å². The Morgan fingerprint density at radius 1 is 1.55 bits per heavy atom. The van der Waals surface area contributed by atoms with E-state index in [4.69, 9.17) is 5.73 Å². The third kappa shape index (κ3) is 1.52. The third-order valence-corrected chi connectivity index (χ3v) is 1.31. The minimum Gasteiger partial charge on any atom is -0.364 e. The number of carbonyl (C=O) groups excluding carboxylic acids is 1. The molecule has 0 spiro atoms. The summed E-state index contributed by atoms with van der Waals surface area (Å²) in [7, 11) is 0. The van der Waals surface area contributed by atoms with Crippen molar-refractivity contribution < 1.29 is 4.79 Å². The highest BCUT2D eigenvalue weighted by Crippen LogP contribution is 2.00. The van der Waals surface area contributed by atoms with Gasteiger partial charge in [-0.05, 0) is 13.8 Å². The molecule has 1 aromatic rings. The van der Waals surface area contributed by atoms with Crippen molar-refractivity contribution >= 4 is 5.91 Å². The normalized spacial score (nSPS) is 9.64. The minimum absolute atomic E-state index is 0.255. The van der Waals surface area contributed by atoms with Gasteiger partial charge < -0.3 is 5.73 Å². The molecule has 0 aliphatic carbocycles. The van der Waals surface area contributed by atoms with E-state index in [0.717, 1.165) is 0 Å².